The number of piperidine rings is 2. The lowest BCUT2D eigenvalue weighted by Gasteiger charge is -2.39. The molecule has 172 valence electrons. The van der Waals surface area contributed by atoms with E-state index < -0.39 is 0 Å². The highest BCUT2D eigenvalue weighted by Crippen LogP contribution is 2.32. The minimum Gasteiger partial charge on any atom is -0.493 e. The van der Waals surface area contributed by atoms with Crippen LogP contribution in [0.1, 0.15) is 77.2 Å². The van der Waals surface area contributed by atoms with E-state index in [0.29, 0.717) is 18.5 Å². The number of ether oxygens (including phenoxy) is 1. The van der Waals surface area contributed by atoms with Crippen LogP contribution in [0.3, 0.4) is 0 Å². The fourth-order valence-electron chi connectivity index (χ4n) is 5.63. The second-order valence-electron chi connectivity index (χ2n) is 9.95. The van der Waals surface area contributed by atoms with Crippen LogP contribution in [0.4, 0.5) is 5.69 Å². The Morgan fingerprint density at radius 2 is 1.94 bits per heavy atom. The predicted molar refractivity (Wildman–Crippen MR) is 127 cm³/mol. The molecule has 5 heteroatoms. The van der Waals surface area contributed by atoms with Gasteiger partial charge in [0.15, 0.2) is 0 Å². The molecule has 1 amide bonds. The Hall–Kier alpha value is -1.59. The smallest absolute Gasteiger partial charge is 0.227 e. The van der Waals surface area contributed by atoms with Gasteiger partial charge in [-0.05, 0) is 96.0 Å². The van der Waals surface area contributed by atoms with Gasteiger partial charge in [-0.2, -0.15) is 0 Å². The zero-order valence-corrected chi connectivity index (χ0v) is 19.6. The number of amides is 1. The van der Waals surface area contributed by atoms with Crippen LogP contribution in [0.15, 0.2) is 18.2 Å². The van der Waals surface area contributed by atoms with Crippen molar-refractivity contribution >= 4 is 11.6 Å². The van der Waals surface area contributed by atoms with E-state index in [1.165, 1.54) is 50.6 Å². The predicted octanol–water partition coefficient (Wildman–Crippen LogP) is 4.73. The van der Waals surface area contributed by atoms with E-state index in [-0.39, 0.29) is 5.91 Å². The van der Waals surface area contributed by atoms with E-state index in [0.717, 1.165) is 56.4 Å². The van der Waals surface area contributed by atoms with Crippen molar-refractivity contribution in [3.05, 3.63) is 23.8 Å². The molecule has 0 bridgehead atoms. The lowest BCUT2D eigenvalue weighted by atomic mass is 9.95. The molecule has 1 aromatic carbocycles. The van der Waals surface area contributed by atoms with Crippen molar-refractivity contribution in [3.8, 4) is 5.75 Å². The molecule has 3 aliphatic rings. The molecule has 0 aliphatic carbocycles. The van der Waals surface area contributed by atoms with Gasteiger partial charge in [-0.1, -0.05) is 6.42 Å². The number of nitrogens with zero attached hydrogens (tertiary/aromatic N) is 2. The topological polar surface area (TPSA) is 44.8 Å². The minimum absolute atomic E-state index is 0.250. The first-order valence-corrected chi connectivity index (χ1v) is 12.6. The Morgan fingerprint density at radius 1 is 1.10 bits per heavy atom. The Labute approximate surface area is 188 Å². The van der Waals surface area contributed by atoms with Gasteiger partial charge in [-0.15, -0.1) is 0 Å². The summed E-state index contributed by atoms with van der Waals surface area (Å²) in [5, 5.41) is 3.51. The molecule has 31 heavy (non-hydrogen) atoms. The van der Waals surface area contributed by atoms with E-state index in [9.17, 15) is 4.79 Å². The Balaban J connectivity index is 1.44. The summed E-state index contributed by atoms with van der Waals surface area (Å²) < 4.78 is 6.33. The summed E-state index contributed by atoms with van der Waals surface area (Å²) in [4.78, 5) is 16.9. The summed E-state index contributed by atoms with van der Waals surface area (Å²) in [6.45, 7) is 9.55. The number of carbonyl (C=O) groups excluding carboxylic acids is 1. The average Bonchev–Trinajstić information content (AvgIpc) is 3.21. The van der Waals surface area contributed by atoms with Crippen LogP contribution >= 0.6 is 0 Å². The first-order chi connectivity index (χ1) is 15.1. The maximum atomic E-state index is 12.3. The molecule has 0 aromatic heterocycles. The second kappa shape index (κ2) is 10.8. The fourth-order valence-corrected chi connectivity index (χ4v) is 5.63. The fraction of sp³-hybridized carbons (Fsp3) is 0.731. The number of likely N-dealkylation sites (tertiary alicyclic amines) is 1. The molecular formula is C26H41N3O2. The zero-order chi connectivity index (χ0) is 21.6. The molecule has 0 spiro atoms. The van der Waals surface area contributed by atoms with Crippen LogP contribution in [0.5, 0.6) is 5.75 Å². The van der Waals surface area contributed by atoms with Crippen molar-refractivity contribution in [1.29, 1.82) is 0 Å². The molecule has 4 rings (SSSR count). The van der Waals surface area contributed by atoms with Gasteiger partial charge in [0.1, 0.15) is 5.75 Å². The standard InChI is InChI=1S/C26H41N3O2/c1-20-7-3-8-21(2)29(20)19-23-17-24(28-15-5-11-26(28)30)12-13-25(23)31-16-6-10-22-9-4-14-27-18-22/h12-13,17,20-22,27H,3-11,14-16,18-19H2,1-2H3. The van der Waals surface area contributed by atoms with Crippen LogP contribution in [-0.2, 0) is 11.3 Å². The van der Waals surface area contributed by atoms with Crippen LogP contribution < -0.4 is 15.0 Å². The summed E-state index contributed by atoms with van der Waals surface area (Å²) in [5.74, 6) is 2.05. The first-order valence-electron chi connectivity index (χ1n) is 12.6. The molecule has 3 saturated heterocycles. The van der Waals surface area contributed by atoms with Gasteiger partial charge < -0.3 is 15.0 Å². The molecule has 3 atom stereocenters. The van der Waals surface area contributed by atoms with Gasteiger partial charge in [-0.25, -0.2) is 0 Å². The van der Waals surface area contributed by atoms with E-state index in [2.05, 4.69) is 42.3 Å². The van der Waals surface area contributed by atoms with Crippen molar-refractivity contribution in [3.63, 3.8) is 0 Å². The van der Waals surface area contributed by atoms with Gasteiger partial charge in [0, 0.05) is 42.8 Å². The number of rotatable bonds is 8. The Morgan fingerprint density at radius 3 is 2.65 bits per heavy atom. The van der Waals surface area contributed by atoms with E-state index >= 15 is 0 Å². The number of carbonyl (C=O) groups is 1. The molecule has 3 fully saturated rings. The van der Waals surface area contributed by atoms with Gasteiger partial charge in [0.05, 0.1) is 6.61 Å². The third kappa shape index (κ3) is 5.81. The van der Waals surface area contributed by atoms with Crippen molar-refractivity contribution < 1.29 is 9.53 Å². The highest BCUT2D eigenvalue weighted by atomic mass is 16.5. The van der Waals surface area contributed by atoms with Crippen molar-refractivity contribution in [1.82, 2.24) is 10.2 Å². The summed E-state index contributed by atoms with van der Waals surface area (Å²) >= 11 is 0. The van der Waals surface area contributed by atoms with E-state index in [4.69, 9.17) is 4.74 Å². The number of nitrogens with one attached hydrogen (secondary N) is 1. The SMILES string of the molecule is CC1CCCC(C)N1Cc1cc(N2CCCC2=O)ccc1OCCCC1CCCNC1. The molecule has 3 heterocycles. The maximum Gasteiger partial charge on any atom is 0.227 e. The highest BCUT2D eigenvalue weighted by Gasteiger charge is 2.27. The van der Waals surface area contributed by atoms with Crippen molar-refractivity contribution in [2.24, 2.45) is 5.92 Å². The molecule has 1 aromatic rings. The van der Waals surface area contributed by atoms with Crippen molar-refractivity contribution in [2.75, 3.05) is 31.1 Å². The third-order valence-corrected chi connectivity index (χ3v) is 7.57. The lowest BCUT2D eigenvalue weighted by Crippen LogP contribution is -2.43. The molecule has 1 N–H and O–H groups in total. The molecular weight excluding hydrogens is 386 g/mol. The first kappa shape index (κ1) is 22.6. The van der Waals surface area contributed by atoms with Gasteiger partial charge >= 0.3 is 0 Å². The monoisotopic (exact) mass is 427 g/mol. The zero-order valence-electron chi connectivity index (χ0n) is 19.6. The molecule has 5 nitrogen and oxygen atoms in total. The number of anilines is 1. The number of hydrogen-bond donors (Lipinski definition) is 1. The minimum atomic E-state index is 0.250. The molecule has 0 saturated carbocycles. The van der Waals surface area contributed by atoms with Crippen LogP contribution in [0, 0.1) is 5.92 Å². The van der Waals surface area contributed by atoms with E-state index in [1.54, 1.807) is 0 Å². The Kier molecular flexibility index (Phi) is 7.89. The van der Waals surface area contributed by atoms with Gasteiger partial charge in [-0.3, -0.25) is 9.69 Å². The summed E-state index contributed by atoms with van der Waals surface area (Å²) in [7, 11) is 0. The summed E-state index contributed by atoms with van der Waals surface area (Å²) in [6.07, 6.45) is 10.5. The quantitative estimate of drug-likeness (QED) is 0.609. The third-order valence-electron chi connectivity index (χ3n) is 7.57. The van der Waals surface area contributed by atoms with Crippen LogP contribution in [0.2, 0.25) is 0 Å². The largest absolute Gasteiger partial charge is 0.493 e. The van der Waals surface area contributed by atoms with Crippen LogP contribution in [-0.4, -0.2) is 49.1 Å². The maximum absolute atomic E-state index is 12.3. The Bertz CT molecular complexity index is 721. The molecule has 0 radical (unpaired) electrons. The van der Waals surface area contributed by atoms with Gasteiger partial charge in [0.2, 0.25) is 5.91 Å². The normalized spacial score (nSPS) is 27.6. The molecule has 3 aliphatic heterocycles. The van der Waals surface area contributed by atoms with Gasteiger partial charge in [0.25, 0.3) is 0 Å². The number of benzene rings is 1. The van der Waals surface area contributed by atoms with Crippen molar-refractivity contribution in [2.45, 2.75) is 90.3 Å². The summed E-state index contributed by atoms with van der Waals surface area (Å²) in [5.41, 5.74) is 2.27. The van der Waals surface area contributed by atoms with E-state index in [1.807, 2.05) is 4.90 Å². The lowest BCUT2D eigenvalue weighted by molar-refractivity contribution is -0.117. The summed E-state index contributed by atoms with van der Waals surface area (Å²) in [6, 6.07) is 7.59. The highest BCUT2D eigenvalue weighted by molar-refractivity contribution is 5.95. The molecule has 3 unspecified atom stereocenters. The van der Waals surface area contributed by atoms with Crippen LogP contribution in [0.25, 0.3) is 0 Å². The second-order valence-corrected chi connectivity index (χ2v) is 9.95. The average molecular weight is 428 g/mol. The number of hydrogen-bond acceptors (Lipinski definition) is 4.